The highest BCUT2D eigenvalue weighted by molar-refractivity contribution is 9.10. The molecule has 0 bridgehead atoms. The maximum absolute atomic E-state index is 13.3. The van der Waals surface area contributed by atoms with E-state index in [0.29, 0.717) is 6.42 Å². The van der Waals surface area contributed by atoms with E-state index >= 15 is 0 Å². The molecule has 3 atom stereocenters. The van der Waals surface area contributed by atoms with E-state index in [9.17, 15) is 4.79 Å². The lowest BCUT2D eigenvalue weighted by atomic mass is 9.91. The molecule has 3 aromatic rings. The molecule has 0 aromatic heterocycles. The summed E-state index contributed by atoms with van der Waals surface area (Å²) in [7, 11) is 3.51. The van der Waals surface area contributed by atoms with Gasteiger partial charge in [0.2, 0.25) is 0 Å². The van der Waals surface area contributed by atoms with Crippen molar-refractivity contribution in [2.24, 2.45) is 0 Å². The van der Waals surface area contributed by atoms with Crippen molar-refractivity contribution in [2.45, 2.75) is 24.7 Å². The number of carbonyl (C=O) groups excluding carboxylic acids is 1. The molecular weight excluding hydrogens is 522 g/mol. The lowest BCUT2D eigenvalue weighted by Crippen LogP contribution is -2.49. The molecule has 0 saturated carbocycles. The Morgan fingerprint density at radius 3 is 1.97 bits per heavy atom. The fourth-order valence-corrected chi connectivity index (χ4v) is 4.49. The van der Waals surface area contributed by atoms with E-state index in [0.717, 1.165) is 31.4 Å². The van der Waals surface area contributed by atoms with Crippen LogP contribution in [0.4, 0.5) is 0 Å². The van der Waals surface area contributed by atoms with Crippen LogP contribution in [-0.4, -0.2) is 31.1 Å². The Balaban J connectivity index is 1.67. The van der Waals surface area contributed by atoms with Crippen LogP contribution in [0.1, 0.15) is 28.8 Å². The minimum atomic E-state index is -0.557. The molecular formula is C25H23Br2NO3. The Labute approximate surface area is 199 Å². The Bertz CT molecular complexity index is 1040. The van der Waals surface area contributed by atoms with Crippen LogP contribution in [0, 0.1) is 0 Å². The Morgan fingerprint density at radius 2 is 1.42 bits per heavy atom. The molecule has 1 heterocycles. The average Bonchev–Trinajstić information content (AvgIpc) is 2.79. The van der Waals surface area contributed by atoms with Crippen molar-refractivity contribution in [3.63, 3.8) is 0 Å². The van der Waals surface area contributed by atoms with E-state index < -0.39 is 6.10 Å². The van der Waals surface area contributed by atoms with Gasteiger partial charge >= 0.3 is 0 Å². The van der Waals surface area contributed by atoms with Gasteiger partial charge in [-0.1, -0.05) is 68.3 Å². The first-order valence-corrected chi connectivity index (χ1v) is 11.6. The summed E-state index contributed by atoms with van der Waals surface area (Å²) in [6.07, 6.45) is -0.327. The van der Waals surface area contributed by atoms with Gasteiger partial charge in [-0.3, -0.25) is 4.79 Å². The van der Waals surface area contributed by atoms with Crippen molar-refractivity contribution in [2.75, 3.05) is 14.2 Å². The zero-order valence-electron chi connectivity index (χ0n) is 17.3. The van der Waals surface area contributed by atoms with Crippen LogP contribution in [0.15, 0.2) is 81.7 Å². The van der Waals surface area contributed by atoms with Crippen LogP contribution in [-0.2, 0) is 16.0 Å². The van der Waals surface area contributed by atoms with Crippen molar-refractivity contribution in [3.05, 3.63) is 98.4 Å². The number of nitrogens with zero attached hydrogens (tertiary/aromatic N) is 1. The molecule has 0 radical (unpaired) electrons. The summed E-state index contributed by atoms with van der Waals surface area (Å²) in [5.74, 6) is 0.775. The fraction of sp³-hybridized carbons (Fsp3) is 0.240. The molecule has 3 aromatic carbocycles. The van der Waals surface area contributed by atoms with E-state index in [2.05, 4.69) is 44.0 Å². The van der Waals surface area contributed by atoms with Crippen LogP contribution in [0.3, 0.4) is 0 Å². The molecule has 1 saturated heterocycles. The minimum absolute atomic E-state index is 0.0166. The van der Waals surface area contributed by atoms with Gasteiger partial charge in [-0.2, -0.15) is 0 Å². The summed E-state index contributed by atoms with van der Waals surface area (Å²) in [5.41, 5.74) is 3.11. The second kappa shape index (κ2) is 9.55. The number of ether oxygens (including phenoxy) is 2. The molecule has 0 unspecified atom stereocenters. The Kier molecular flexibility index (Phi) is 6.80. The zero-order chi connectivity index (χ0) is 22.0. The third-order valence-corrected chi connectivity index (χ3v) is 6.69. The predicted octanol–water partition coefficient (Wildman–Crippen LogP) is 6.10. The maximum Gasteiger partial charge on any atom is 0.252 e. The van der Waals surface area contributed by atoms with E-state index in [-0.39, 0.29) is 18.1 Å². The second-order valence-electron chi connectivity index (χ2n) is 7.59. The van der Waals surface area contributed by atoms with E-state index in [1.54, 1.807) is 7.11 Å². The third-order valence-electron chi connectivity index (χ3n) is 5.63. The molecule has 4 rings (SSSR count). The molecule has 31 heavy (non-hydrogen) atoms. The zero-order valence-corrected chi connectivity index (χ0v) is 20.5. The van der Waals surface area contributed by atoms with Gasteiger partial charge in [0.15, 0.2) is 0 Å². The van der Waals surface area contributed by atoms with Gasteiger partial charge in [-0.25, -0.2) is 0 Å². The molecule has 6 heteroatoms. The number of benzene rings is 3. The smallest absolute Gasteiger partial charge is 0.252 e. The van der Waals surface area contributed by atoms with Crippen molar-refractivity contribution in [1.82, 2.24) is 4.90 Å². The van der Waals surface area contributed by atoms with Crippen molar-refractivity contribution in [3.8, 4) is 5.75 Å². The van der Waals surface area contributed by atoms with Crippen molar-refractivity contribution in [1.29, 1.82) is 0 Å². The number of rotatable bonds is 5. The van der Waals surface area contributed by atoms with Gasteiger partial charge in [0.1, 0.15) is 18.0 Å². The van der Waals surface area contributed by atoms with Gasteiger partial charge in [0.25, 0.3) is 5.91 Å². The fourth-order valence-electron chi connectivity index (χ4n) is 3.96. The van der Waals surface area contributed by atoms with Crippen molar-refractivity contribution >= 4 is 37.8 Å². The first-order valence-electron chi connectivity index (χ1n) is 10.0. The van der Waals surface area contributed by atoms with Gasteiger partial charge in [0.05, 0.1) is 13.2 Å². The predicted molar refractivity (Wildman–Crippen MR) is 128 cm³/mol. The molecule has 160 valence electrons. The van der Waals surface area contributed by atoms with Crippen LogP contribution >= 0.6 is 31.9 Å². The molecule has 0 spiro atoms. The van der Waals surface area contributed by atoms with E-state index in [1.165, 1.54) is 0 Å². The first-order chi connectivity index (χ1) is 15.0. The second-order valence-corrected chi connectivity index (χ2v) is 9.43. The summed E-state index contributed by atoms with van der Waals surface area (Å²) in [4.78, 5) is 15.1. The van der Waals surface area contributed by atoms with Crippen LogP contribution in [0.25, 0.3) is 0 Å². The number of halogens is 2. The van der Waals surface area contributed by atoms with Crippen LogP contribution in [0.2, 0.25) is 0 Å². The number of hydrogen-bond donors (Lipinski definition) is 0. The summed E-state index contributed by atoms with van der Waals surface area (Å²) in [6.45, 7) is 0. The molecule has 1 amide bonds. The van der Waals surface area contributed by atoms with E-state index in [1.807, 2.05) is 72.6 Å². The third kappa shape index (κ3) is 4.86. The summed E-state index contributed by atoms with van der Waals surface area (Å²) < 4.78 is 13.7. The number of amides is 1. The van der Waals surface area contributed by atoms with Gasteiger partial charge in [-0.15, -0.1) is 0 Å². The number of hydrogen-bond acceptors (Lipinski definition) is 3. The van der Waals surface area contributed by atoms with Crippen molar-refractivity contribution < 1.29 is 14.3 Å². The highest BCUT2D eigenvalue weighted by Crippen LogP contribution is 2.42. The van der Waals surface area contributed by atoms with E-state index in [4.69, 9.17) is 9.47 Å². The largest absolute Gasteiger partial charge is 0.497 e. The number of likely N-dealkylation sites (N-methyl/N-ethyl adjacent to an activating group) is 1. The van der Waals surface area contributed by atoms with Gasteiger partial charge < -0.3 is 14.4 Å². The molecule has 1 aliphatic rings. The monoisotopic (exact) mass is 543 g/mol. The molecule has 1 aliphatic heterocycles. The average molecular weight is 545 g/mol. The van der Waals surface area contributed by atoms with Gasteiger partial charge in [0, 0.05) is 22.4 Å². The molecule has 4 nitrogen and oxygen atoms in total. The quantitative estimate of drug-likeness (QED) is 0.389. The minimum Gasteiger partial charge on any atom is -0.497 e. The molecule has 0 aliphatic carbocycles. The summed E-state index contributed by atoms with van der Waals surface area (Å²) in [6, 6.07) is 23.7. The first kappa shape index (κ1) is 22.1. The summed E-state index contributed by atoms with van der Waals surface area (Å²) in [5, 5.41) is 0. The highest BCUT2D eigenvalue weighted by atomic mass is 79.9. The number of carbonyl (C=O) groups is 1. The van der Waals surface area contributed by atoms with Gasteiger partial charge in [-0.05, 0) is 53.1 Å². The van der Waals surface area contributed by atoms with Crippen LogP contribution < -0.4 is 4.74 Å². The topological polar surface area (TPSA) is 38.8 Å². The lowest BCUT2D eigenvalue weighted by molar-refractivity contribution is -0.171. The highest BCUT2D eigenvalue weighted by Gasteiger charge is 2.42. The summed E-state index contributed by atoms with van der Waals surface area (Å²) >= 11 is 7.00. The van der Waals surface area contributed by atoms with Crippen LogP contribution in [0.5, 0.6) is 5.75 Å². The normalized spacial score (nSPS) is 21.2. The Morgan fingerprint density at radius 1 is 0.871 bits per heavy atom. The Hall–Kier alpha value is -2.15. The maximum atomic E-state index is 13.3. The number of methoxy groups -OCH3 is 1. The standard InChI is InChI=1S/C25H23Br2NO3/c1-28-23(17-5-9-19(26)10-6-17)24(18-7-11-20(27)12-8-18)31-22(25(28)29)15-16-3-13-21(30-2)14-4-16/h3-14,22-24H,15H2,1-2H3/t22-,23+,24-/m1/s1. The SMILES string of the molecule is COc1ccc(C[C@H]2O[C@H](c3ccc(Br)cc3)[C@H](c3ccc(Br)cc3)N(C)C2=O)cc1. The number of morpholine rings is 1. The lowest BCUT2D eigenvalue weighted by Gasteiger charge is -2.43. The molecule has 0 N–H and O–H groups in total. The molecule has 1 fully saturated rings.